The van der Waals surface area contributed by atoms with Gasteiger partial charge in [-0.1, -0.05) is 60.1 Å². The molecule has 4 aromatic rings. The van der Waals surface area contributed by atoms with Gasteiger partial charge in [0, 0.05) is 5.56 Å². The van der Waals surface area contributed by atoms with E-state index in [-0.39, 0.29) is 17.3 Å². The van der Waals surface area contributed by atoms with Crippen LogP contribution in [0.15, 0.2) is 65.4 Å². The Kier molecular flexibility index (Phi) is 6.77. The highest BCUT2D eigenvalue weighted by atomic mass is 35.5. The Labute approximate surface area is 223 Å². The molecular formula is C29H26ClNO3S2. The van der Waals surface area contributed by atoms with Gasteiger partial charge in [0.25, 0.3) is 0 Å². The van der Waals surface area contributed by atoms with E-state index in [0.717, 1.165) is 51.1 Å². The van der Waals surface area contributed by atoms with Crippen molar-refractivity contribution in [2.75, 3.05) is 5.32 Å². The van der Waals surface area contributed by atoms with E-state index in [4.69, 9.17) is 16.3 Å². The fourth-order valence-corrected chi connectivity index (χ4v) is 6.70. The zero-order valence-electron chi connectivity index (χ0n) is 20.3. The van der Waals surface area contributed by atoms with Gasteiger partial charge in [-0.25, -0.2) is 4.79 Å². The summed E-state index contributed by atoms with van der Waals surface area (Å²) in [6, 6.07) is 18.2. The number of nitrogens with one attached hydrogen (secondary N) is 1. The van der Waals surface area contributed by atoms with Gasteiger partial charge in [-0.3, -0.25) is 10.1 Å². The molecule has 36 heavy (non-hydrogen) atoms. The summed E-state index contributed by atoms with van der Waals surface area (Å²) in [5.74, 6) is 0.249. The summed E-state index contributed by atoms with van der Waals surface area (Å²) in [7, 11) is 0. The van der Waals surface area contributed by atoms with E-state index in [9.17, 15) is 9.59 Å². The van der Waals surface area contributed by atoms with E-state index >= 15 is 0 Å². The summed E-state index contributed by atoms with van der Waals surface area (Å²) in [5, 5.41) is 6.91. The molecule has 1 amide bonds. The highest BCUT2D eigenvalue weighted by Crippen LogP contribution is 2.49. The van der Waals surface area contributed by atoms with Crippen LogP contribution in [0.5, 0.6) is 0 Å². The van der Waals surface area contributed by atoms with Crippen molar-refractivity contribution >= 4 is 51.8 Å². The largest absolute Gasteiger partial charge is 0.441 e. The molecule has 184 valence electrons. The molecule has 7 heteroatoms. The number of benzene rings is 2. The molecule has 5 rings (SSSR count). The van der Waals surface area contributed by atoms with E-state index in [2.05, 4.69) is 41.7 Å². The third-order valence-corrected chi connectivity index (χ3v) is 9.09. The van der Waals surface area contributed by atoms with Crippen LogP contribution < -0.4 is 5.32 Å². The predicted molar refractivity (Wildman–Crippen MR) is 149 cm³/mol. The van der Waals surface area contributed by atoms with E-state index in [1.54, 1.807) is 24.3 Å². The van der Waals surface area contributed by atoms with Gasteiger partial charge in [0.15, 0.2) is 0 Å². The van der Waals surface area contributed by atoms with Gasteiger partial charge in [-0.05, 0) is 78.3 Å². The normalized spacial score (nSPS) is 14.8. The van der Waals surface area contributed by atoms with Crippen molar-refractivity contribution in [3.63, 3.8) is 0 Å². The van der Waals surface area contributed by atoms with Crippen molar-refractivity contribution in [1.82, 2.24) is 0 Å². The van der Waals surface area contributed by atoms with Gasteiger partial charge >= 0.3 is 6.09 Å². The Morgan fingerprint density at radius 2 is 1.61 bits per heavy atom. The average Bonchev–Trinajstić information content (AvgIpc) is 3.45. The number of hydrogen-bond donors (Lipinski definition) is 1. The van der Waals surface area contributed by atoms with Crippen LogP contribution in [0, 0.1) is 6.92 Å². The Morgan fingerprint density at radius 3 is 2.17 bits per heavy atom. The SMILES string of the molecule is CC(=O)C1(c2ccc(-c3ccc(-c4sc(Cl)cc4NC(=O)OC(C)c4cscc4C)cc3)cc2)CC1. The lowest BCUT2D eigenvalue weighted by Crippen LogP contribution is -2.16. The number of ketones is 1. The molecule has 1 unspecified atom stereocenters. The smallest absolute Gasteiger partial charge is 0.412 e. The predicted octanol–water partition coefficient (Wildman–Crippen LogP) is 9.04. The molecule has 0 aliphatic heterocycles. The van der Waals surface area contributed by atoms with Gasteiger partial charge < -0.3 is 4.74 Å². The molecule has 1 aliphatic rings. The number of ether oxygens (including phenoxy) is 1. The fourth-order valence-electron chi connectivity index (χ4n) is 4.58. The third-order valence-electron chi connectivity index (χ3n) is 6.90. The molecule has 0 saturated heterocycles. The molecule has 1 aliphatic carbocycles. The van der Waals surface area contributed by atoms with E-state index in [1.165, 1.54) is 11.3 Å². The second-order valence-corrected chi connectivity index (χ2v) is 11.7. The fraction of sp³-hybridized carbons (Fsp3) is 0.241. The zero-order valence-corrected chi connectivity index (χ0v) is 22.7. The van der Waals surface area contributed by atoms with Gasteiger partial charge in [-0.15, -0.1) is 11.3 Å². The lowest BCUT2D eigenvalue weighted by molar-refractivity contribution is -0.119. The summed E-state index contributed by atoms with van der Waals surface area (Å²) in [6.07, 6.45) is 1.02. The van der Waals surface area contributed by atoms with E-state index in [1.807, 2.05) is 36.7 Å². The number of carbonyl (C=O) groups excluding carboxylic acids is 2. The van der Waals surface area contributed by atoms with Crippen LogP contribution in [0.2, 0.25) is 4.34 Å². The summed E-state index contributed by atoms with van der Waals surface area (Å²) < 4.78 is 6.19. The topological polar surface area (TPSA) is 55.4 Å². The van der Waals surface area contributed by atoms with Crippen LogP contribution in [-0.4, -0.2) is 11.9 Å². The summed E-state index contributed by atoms with van der Waals surface area (Å²) >= 11 is 9.32. The van der Waals surface area contributed by atoms with Crippen LogP contribution in [0.4, 0.5) is 10.5 Å². The van der Waals surface area contributed by atoms with Gasteiger partial charge in [-0.2, -0.15) is 11.3 Å². The van der Waals surface area contributed by atoms with Crippen LogP contribution in [0.25, 0.3) is 21.6 Å². The minimum atomic E-state index is -0.514. The van der Waals surface area contributed by atoms with Crippen LogP contribution >= 0.6 is 34.3 Å². The van der Waals surface area contributed by atoms with Gasteiger partial charge in [0.1, 0.15) is 11.9 Å². The molecule has 4 nitrogen and oxygen atoms in total. The zero-order chi connectivity index (χ0) is 25.4. The van der Waals surface area contributed by atoms with Crippen molar-refractivity contribution in [2.45, 2.75) is 45.1 Å². The maximum absolute atomic E-state index is 12.6. The molecular weight excluding hydrogens is 510 g/mol. The highest BCUT2D eigenvalue weighted by molar-refractivity contribution is 7.20. The lowest BCUT2D eigenvalue weighted by Gasteiger charge is -2.14. The third kappa shape index (κ3) is 4.85. The van der Waals surface area contributed by atoms with Crippen LogP contribution in [-0.2, 0) is 14.9 Å². The number of rotatable bonds is 7. The molecule has 1 atom stereocenters. The Morgan fingerprint density at radius 1 is 1.00 bits per heavy atom. The lowest BCUT2D eigenvalue weighted by atomic mass is 9.90. The minimum absolute atomic E-state index is 0.249. The number of thiophene rings is 2. The highest BCUT2D eigenvalue weighted by Gasteiger charge is 2.48. The molecule has 0 radical (unpaired) electrons. The van der Waals surface area contributed by atoms with Gasteiger partial charge in [0.2, 0.25) is 0 Å². The molecule has 1 saturated carbocycles. The van der Waals surface area contributed by atoms with Crippen molar-refractivity contribution < 1.29 is 14.3 Å². The number of Topliss-reactive ketones (excluding diaryl/α,β-unsaturated/α-hetero) is 1. The number of carbonyl (C=O) groups is 2. The second kappa shape index (κ2) is 9.85. The maximum atomic E-state index is 12.6. The molecule has 0 bridgehead atoms. The number of anilines is 1. The molecule has 2 aromatic carbocycles. The maximum Gasteiger partial charge on any atom is 0.412 e. The Bertz CT molecular complexity index is 1420. The monoisotopic (exact) mass is 535 g/mol. The van der Waals surface area contributed by atoms with Crippen LogP contribution in [0.1, 0.15) is 49.5 Å². The first-order valence-electron chi connectivity index (χ1n) is 11.8. The minimum Gasteiger partial charge on any atom is -0.441 e. The first kappa shape index (κ1) is 24.8. The van der Waals surface area contributed by atoms with Crippen molar-refractivity contribution in [2.24, 2.45) is 0 Å². The first-order chi connectivity index (χ1) is 17.3. The summed E-state index contributed by atoms with van der Waals surface area (Å²) in [6.45, 7) is 5.56. The number of halogens is 1. The average molecular weight is 536 g/mol. The number of amides is 1. The number of aryl methyl sites for hydroxylation is 1. The quantitative estimate of drug-likeness (QED) is 0.257. The van der Waals surface area contributed by atoms with Crippen LogP contribution in [0.3, 0.4) is 0 Å². The standard InChI is InChI=1S/C29H26ClNO3S2/c1-17-15-35-16-24(17)18(2)34-28(33)31-25-14-26(30)36-27(25)22-6-4-20(5-7-22)21-8-10-23(11-9-21)29(12-13-29)19(3)32/h4-11,14-16,18H,12-13H2,1-3H3,(H,31,33). The van der Waals surface area contributed by atoms with Crippen molar-refractivity contribution in [3.8, 4) is 21.6 Å². The molecule has 1 N–H and O–H groups in total. The first-order valence-corrected chi connectivity index (χ1v) is 13.9. The Balaban J connectivity index is 1.30. The van der Waals surface area contributed by atoms with E-state index in [0.29, 0.717) is 10.0 Å². The molecule has 2 aromatic heterocycles. The molecule has 1 fully saturated rings. The summed E-state index contributed by atoms with van der Waals surface area (Å²) in [5.41, 5.74) is 6.72. The summed E-state index contributed by atoms with van der Waals surface area (Å²) in [4.78, 5) is 25.5. The van der Waals surface area contributed by atoms with Crippen molar-refractivity contribution in [3.05, 3.63) is 86.4 Å². The molecule has 2 heterocycles. The molecule has 0 spiro atoms. The Hall–Kier alpha value is -2.93. The second-order valence-electron chi connectivity index (χ2n) is 9.27. The van der Waals surface area contributed by atoms with Gasteiger partial charge in [0.05, 0.1) is 20.3 Å². The number of hydrogen-bond acceptors (Lipinski definition) is 5. The van der Waals surface area contributed by atoms with E-state index < -0.39 is 6.09 Å². The van der Waals surface area contributed by atoms with Crippen molar-refractivity contribution in [1.29, 1.82) is 0 Å².